The number of nitrogens with zero attached hydrogens (tertiary/aromatic N) is 1. The van der Waals surface area contributed by atoms with Gasteiger partial charge in [-0.3, -0.25) is 4.79 Å². The van der Waals surface area contributed by atoms with E-state index >= 15 is 0 Å². The van der Waals surface area contributed by atoms with Crippen molar-refractivity contribution >= 4 is 28.4 Å². The van der Waals surface area contributed by atoms with E-state index < -0.39 is 11.9 Å². The van der Waals surface area contributed by atoms with Gasteiger partial charge in [0, 0.05) is 28.6 Å². The number of fused-ring (bicyclic) bond motifs is 1. The van der Waals surface area contributed by atoms with Crippen LogP contribution in [0.5, 0.6) is 17.4 Å². The van der Waals surface area contributed by atoms with Gasteiger partial charge in [0.05, 0.1) is 25.8 Å². The van der Waals surface area contributed by atoms with Crippen LogP contribution in [0.4, 0.5) is 0 Å². The smallest absolute Gasteiger partial charge is 0.234 e. The molecule has 1 aromatic carbocycles. The molecule has 1 aromatic heterocycles. The summed E-state index contributed by atoms with van der Waals surface area (Å²) in [6.45, 7) is 8.18. The number of methoxy groups -OCH3 is 2. The Kier molecular flexibility index (Phi) is 8.10. The van der Waals surface area contributed by atoms with Crippen LogP contribution in [-0.2, 0) is 11.3 Å². The maximum Gasteiger partial charge on any atom is 0.234 e. The minimum Gasteiger partial charge on any atom is -0.493 e. The monoisotopic (exact) mass is 421 g/mol. The van der Waals surface area contributed by atoms with E-state index in [1.807, 2.05) is 26.0 Å². The molecule has 1 heterocycles. The van der Waals surface area contributed by atoms with Crippen molar-refractivity contribution in [2.45, 2.75) is 32.9 Å². The molecule has 0 radical (unpaired) electrons. The first-order valence-electron chi connectivity index (χ1n) is 9.29. The van der Waals surface area contributed by atoms with Crippen molar-refractivity contribution in [2.75, 3.05) is 20.8 Å². The van der Waals surface area contributed by atoms with Crippen LogP contribution >= 0.6 is 11.6 Å². The van der Waals surface area contributed by atoms with Crippen molar-refractivity contribution < 1.29 is 19.0 Å². The minimum absolute atomic E-state index is 0.117. The molecular formula is C21H28ClN3O4. The number of amides is 1. The lowest BCUT2D eigenvalue weighted by Gasteiger charge is -2.19. The predicted octanol–water partition coefficient (Wildman–Crippen LogP) is 3.37. The molecular weight excluding hydrogens is 394 g/mol. The molecule has 0 spiro atoms. The Bertz CT molecular complexity index is 886. The standard InChI is InChI=1S/C21H28ClN3O4/c1-12(2)6-17(20(23)26)24-10-15-7-14-8-18(27-4)19(28-5)9-16(14)25-21(15)29-11-13(3)22/h7-9,12,17,24H,3,6,10-11H2,1-2,4-5H3,(H2,23,26)/t17-/m0/s1. The summed E-state index contributed by atoms with van der Waals surface area (Å²) in [6, 6.07) is 5.09. The molecule has 0 saturated carbocycles. The Balaban J connectivity index is 2.41. The predicted molar refractivity (Wildman–Crippen MR) is 115 cm³/mol. The number of rotatable bonds is 11. The normalized spacial score (nSPS) is 12.1. The molecule has 29 heavy (non-hydrogen) atoms. The molecule has 0 bridgehead atoms. The van der Waals surface area contributed by atoms with Crippen LogP contribution in [0.15, 0.2) is 29.8 Å². The second kappa shape index (κ2) is 10.3. The van der Waals surface area contributed by atoms with Crippen LogP contribution in [0.25, 0.3) is 10.9 Å². The zero-order chi connectivity index (χ0) is 21.6. The minimum atomic E-state index is -0.452. The molecule has 0 aliphatic carbocycles. The highest BCUT2D eigenvalue weighted by Gasteiger charge is 2.18. The van der Waals surface area contributed by atoms with Gasteiger partial charge in [0.2, 0.25) is 11.8 Å². The molecule has 1 atom stereocenters. The number of nitrogens with one attached hydrogen (secondary N) is 1. The van der Waals surface area contributed by atoms with Crippen molar-refractivity contribution in [3.05, 3.63) is 35.4 Å². The summed E-state index contributed by atoms with van der Waals surface area (Å²) in [6.07, 6.45) is 0.635. The third-order valence-corrected chi connectivity index (χ3v) is 4.42. The Morgan fingerprint density at radius 2 is 1.90 bits per heavy atom. The van der Waals surface area contributed by atoms with Gasteiger partial charge in [0.25, 0.3) is 0 Å². The van der Waals surface area contributed by atoms with Crippen LogP contribution in [-0.4, -0.2) is 37.8 Å². The molecule has 2 rings (SSSR count). The van der Waals surface area contributed by atoms with Crippen molar-refractivity contribution in [2.24, 2.45) is 11.7 Å². The molecule has 0 saturated heterocycles. The quantitative estimate of drug-likeness (QED) is 0.577. The fraction of sp³-hybridized carbons (Fsp3) is 0.429. The van der Waals surface area contributed by atoms with E-state index in [9.17, 15) is 4.79 Å². The fourth-order valence-electron chi connectivity index (χ4n) is 2.93. The molecule has 3 N–H and O–H groups in total. The average Bonchev–Trinajstić information content (AvgIpc) is 2.67. The van der Waals surface area contributed by atoms with E-state index in [1.165, 1.54) is 0 Å². The van der Waals surface area contributed by atoms with E-state index in [1.54, 1.807) is 20.3 Å². The summed E-state index contributed by atoms with van der Waals surface area (Å²) < 4.78 is 16.5. The van der Waals surface area contributed by atoms with Crippen molar-refractivity contribution in [1.29, 1.82) is 0 Å². The Labute approximate surface area is 176 Å². The molecule has 8 heteroatoms. The molecule has 7 nitrogen and oxygen atoms in total. The number of primary amides is 1. The summed E-state index contributed by atoms with van der Waals surface area (Å²) in [4.78, 5) is 16.4. The van der Waals surface area contributed by atoms with E-state index in [-0.39, 0.29) is 6.61 Å². The van der Waals surface area contributed by atoms with Crippen molar-refractivity contribution in [3.63, 3.8) is 0 Å². The van der Waals surface area contributed by atoms with Gasteiger partial charge in [-0.1, -0.05) is 32.0 Å². The Morgan fingerprint density at radius 1 is 1.24 bits per heavy atom. The summed E-state index contributed by atoms with van der Waals surface area (Å²) in [5.74, 6) is 1.49. The number of ether oxygens (including phenoxy) is 3. The molecule has 2 aromatic rings. The van der Waals surface area contributed by atoms with Gasteiger partial charge in [-0.25, -0.2) is 4.98 Å². The topological polar surface area (TPSA) is 95.7 Å². The van der Waals surface area contributed by atoms with E-state index in [4.69, 9.17) is 31.5 Å². The zero-order valence-corrected chi connectivity index (χ0v) is 18.0. The number of hydrogen-bond donors (Lipinski definition) is 2. The average molecular weight is 422 g/mol. The number of nitrogens with two attached hydrogens (primary N) is 1. The fourth-order valence-corrected chi connectivity index (χ4v) is 2.98. The lowest BCUT2D eigenvalue weighted by atomic mass is 10.0. The first kappa shape index (κ1) is 22.8. The van der Waals surface area contributed by atoms with Crippen LogP contribution in [0.3, 0.4) is 0 Å². The number of aromatic nitrogens is 1. The number of carbonyl (C=O) groups is 1. The van der Waals surface area contributed by atoms with E-state index in [0.29, 0.717) is 46.8 Å². The summed E-state index contributed by atoms with van der Waals surface area (Å²) in [7, 11) is 3.14. The third kappa shape index (κ3) is 6.24. The van der Waals surface area contributed by atoms with Crippen LogP contribution in [0.1, 0.15) is 25.8 Å². The lowest BCUT2D eigenvalue weighted by Crippen LogP contribution is -2.41. The zero-order valence-electron chi connectivity index (χ0n) is 17.3. The van der Waals surface area contributed by atoms with Crippen LogP contribution in [0, 0.1) is 5.92 Å². The molecule has 158 valence electrons. The summed E-state index contributed by atoms with van der Waals surface area (Å²) in [5, 5.41) is 4.40. The highest BCUT2D eigenvalue weighted by molar-refractivity contribution is 6.29. The maximum atomic E-state index is 11.8. The van der Waals surface area contributed by atoms with Crippen molar-refractivity contribution in [1.82, 2.24) is 10.3 Å². The first-order chi connectivity index (χ1) is 13.7. The molecule has 0 aliphatic heterocycles. The highest BCUT2D eigenvalue weighted by atomic mass is 35.5. The molecule has 0 aliphatic rings. The van der Waals surface area contributed by atoms with Crippen molar-refractivity contribution in [3.8, 4) is 17.4 Å². The number of pyridine rings is 1. The lowest BCUT2D eigenvalue weighted by molar-refractivity contribution is -0.120. The molecule has 1 amide bonds. The summed E-state index contributed by atoms with van der Waals surface area (Å²) in [5.41, 5.74) is 6.98. The van der Waals surface area contributed by atoms with Gasteiger partial charge in [-0.2, -0.15) is 0 Å². The number of benzene rings is 1. The second-order valence-corrected chi connectivity index (χ2v) is 7.66. The molecule has 0 fully saturated rings. The van der Waals surface area contributed by atoms with Gasteiger partial charge in [-0.15, -0.1) is 0 Å². The van der Waals surface area contributed by atoms with Gasteiger partial charge in [0.15, 0.2) is 11.5 Å². The maximum absolute atomic E-state index is 11.8. The third-order valence-electron chi connectivity index (χ3n) is 4.31. The SMILES string of the molecule is C=C(Cl)COc1nc2cc(OC)c(OC)cc2cc1CN[C@@H](CC(C)C)C(N)=O. The largest absolute Gasteiger partial charge is 0.493 e. The second-order valence-electron chi connectivity index (χ2n) is 7.12. The highest BCUT2D eigenvalue weighted by Crippen LogP contribution is 2.33. The number of halogens is 1. The van der Waals surface area contributed by atoms with E-state index in [0.717, 1.165) is 10.9 Å². The molecule has 0 unspecified atom stereocenters. The number of hydrogen-bond acceptors (Lipinski definition) is 6. The van der Waals surface area contributed by atoms with Gasteiger partial charge in [-0.05, 0) is 24.5 Å². The Hall–Kier alpha value is -2.51. The number of carbonyl (C=O) groups excluding carboxylic acids is 1. The van der Waals surface area contributed by atoms with Gasteiger partial charge < -0.3 is 25.3 Å². The van der Waals surface area contributed by atoms with Crippen LogP contribution < -0.4 is 25.3 Å². The first-order valence-corrected chi connectivity index (χ1v) is 9.67. The van der Waals surface area contributed by atoms with Crippen LogP contribution in [0.2, 0.25) is 0 Å². The van der Waals surface area contributed by atoms with Gasteiger partial charge >= 0.3 is 0 Å². The Morgan fingerprint density at radius 3 is 2.45 bits per heavy atom. The van der Waals surface area contributed by atoms with Gasteiger partial charge in [0.1, 0.15) is 6.61 Å². The van der Waals surface area contributed by atoms with E-state index in [2.05, 4.69) is 16.9 Å². The summed E-state index contributed by atoms with van der Waals surface area (Å²) >= 11 is 5.85.